The Labute approximate surface area is 171 Å². The van der Waals surface area contributed by atoms with Gasteiger partial charge in [0.1, 0.15) is 0 Å². The van der Waals surface area contributed by atoms with Crippen molar-refractivity contribution in [1.29, 1.82) is 0 Å². The summed E-state index contributed by atoms with van der Waals surface area (Å²) in [7, 11) is 5.49. The molecule has 2 atom stereocenters. The summed E-state index contributed by atoms with van der Waals surface area (Å²) in [6, 6.07) is 12.3. The average Bonchev–Trinajstić information content (AvgIpc) is 2.72. The molecule has 0 aliphatic carbocycles. The maximum atomic E-state index is 11.3. The van der Waals surface area contributed by atoms with Gasteiger partial charge in [0.05, 0.1) is 26.0 Å². The van der Waals surface area contributed by atoms with Crippen LogP contribution in [-0.2, 0) is 4.79 Å². The van der Waals surface area contributed by atoms with Gasteiger partial charge in [0.2, 0.25) is 5.91 Å². The number of anilines is 1. The third-order valence-corrected chi connectivity index (χ3v) is 5.76. The largest absolute Gasteiger partial charge is 0.493 e. The van der Waals surface area contributed by atoms with Crippen molar-refractivity contribution in [2.24, 2.45) is 4.99 Å². The number of rotatable bonds is 4. The number of hydrogen-bond acceptors (Lipinski definition) is 5. The van der Waals surface area contributed by atoms with Gasteiger partial charge in [-0.2, -0.15) is 0 Å². The molecule has 152 valence electrons. The zero-order chi connectivity index (χ0) is 20.5. The SMILES string of the molecule is COc1cc2c(cc1OC)[C@H]1CN(C)CC[C@@H]1N=C2c1ccc(NC(C)=O)cc1. The predicted octanol–water partition coefficient (Wildman–Crippen LogP) is 3.30. The number of nitrogens with one attached hydrogen (secondary N) is 1. The van der Waals surface area contributed by atoms with E-state index in [1.807, 2.05) is 30.3 Å². The van der Waals surface area contributed by atoms with Gasteiger partial charge >= 0.3 is 0 Å². The predicted molar refractivity (Wildman–Crippen MR) is 115 cm³/mol. The normalized spacial score (nSPS) is 20.9. The summed E-state index contributed by atoms with van der Waals surface area (Å²) in [6.07, 6.45) is 1.03. The molecular formula is C23H27N3O3. The van der Waals surface area contributed by atoms with E-state index in [2.05, 4.69) is 23.3 Å². The van der Waals surface area contributed by atoms with Crippen molar-refractivity contribution in [3.8, 4) is 11.5 Å². The minimum Gasteiger partial charge on any atom is -0.493 e. The Morgan fingerprint density at radius 1 is 1.14 bits per heavy atom. The van der Waals surface area contributed by atoms with Crippen LogP contribution in [0.15, 0.2) is 41.4 Å². The van der Waals surface area contributed by atoms with Crippen LogP contribution >= 0.6 is 0 Å². The van der Waals surface area contributed by atoms with E-state index in [1.165, 1.54) is 12.5 Å². The first-order valence-corrected chi connectivity index (χ1v) is 9.90. The summed E-state index contributed by atoms with van der Waals surface area (Å²) in [6.45, 7) is 3.53. The van der Waals surface area contributed by atoms with Crippen LogP contribution in [-0.4, -0.2) is 56.9 Å². The van der Waals surface area contributed by atoms with Gasteiger partial charge in [0, 0.05) is 36.2 Å². The number of likely N-dealkylation sites (tertiary alicyclic amines) is 1. The van der Waals surface area contributed by atoms with E-state index in [0.29, 0.717) is 11.7 Å². The Kier molecular flexibility index (Phi) is 5.28. The second kappa shape index (κ2) is 7.87. The highest BCUT2D eigenvalue weighted by atomic mass is 16.5. The average molecular weight is 393 g/mol. The van der Waals surface area contributed by atoms with E-state index in [9.17, 15) is 4.79 Å². The first-order chi connectivity index (χ1) is 14.0. The maximum absolute atomic E-state index is 11.3. The first kappa shape index (κ1) is 19.5. The Morgan fingerprint density at radius 3 is 2.48 bits per heavy atom. The third kappa shape index (κ3) is 3.72. The number of nitrogens with zero attached hydrogens (tertiary/aromatic N) is 2. The van der Waals surface area contributed by atoms with Gasteiger partial charge in [-0.1, -0.05) is 12.1 Å². The van der Waals surface area contributed by atoms with Crippen molar-refractivity contribution >= 4 is 17.3 Å². The van der Waals surface area contributed by atoms with Crippen molar-refractivity contribution in [1.82, 2.24) is 4.90 Å². The maximum Gasteiger partial charge on any atom is 0.221 e. The number of fused-ring (bicyclic) bond motifs is 3. The van der Waals surface area contributed by atoms with E-state index < -0.39 is 0 Å². The van der Waals surface area contributed by atoms with Gasteiger partial charge in [0.15, 0.2) is 11.5 Å². The highest BCUT2D eigenvalue weighted by molar-refractivity contribution is 6.15. The van der Waals surface area contributed by atoms with Gasteiger partial charge in [-0.05, 0) is 49.8 Å². The Bertz CT molecular complexity index is 953. The standard InChI is InChI=1S/C23H27N3O3/c1-14(27)24-16-7-5-15(6-8-16)23-18-12-22(29-4)21(28-3)11-17(18)19-13-26(2)10-9-20(19)25-23/h5-8,11-12,19-20H,9-10,13H2,1-4H3,(H,24,27)/t19-,20+/m1/s1. The smallest absolute Gasteiger partial charge is 0.221 e. The molecule has 0 bridgehead atoms. The molecular weight excluding hydrogens is 366 g/mol. The van der Waals surface area contributed by atoms with Crippen LogP contribution in [0.5, 0.6) is 11.5 Å². The van der Waals surface area contributed by atoms with Crippen molar-refractivity contribution in [2.45, 2.75) is 25.3 Å². The fourth-order valence-electron chi connectivity index (χ4n) is 4.35. The number of piperidine rings is 1. The number of likely N-dealkylation sites (N-methyl/N-ethyl adjacent to an activating group) is 1. The molecule has 0 radical (unpaired) electrons. The molecule has 6 nitrogen and oxygen atoms in total. The third-order valence-electron chi connectivity index (χ3n) is 5.76. The number of aliphatic imine (C=N–C) groups is 1. The number of carbonyl (C=O) groups is 1. The topological polar surface area (TPSA) is 63.2 Å². The lowest BCUT2D eigenvalue weighted by molar-refractivity contribution is -0.114. The molecule has 6 heteroatoms. The number of hydrogen-bond donors (Lipinski definition) is 1. The summed E-state index contributed by atoms with van der Waals surface area (Å²) >= 11 is 0. The Balaban J connectivity index is 1.81. The number of amides is 1. The molecule has 2 heterocycles. The lowest BCUT2D eigenvalue weighted by atomic mass is 9.79. The van der Waals surface area contributed by atoms with Gasteiger partial charge in [-0.15, -0.1) is 0 Å². The van der Waals surface area contributed by atoms with Crippen molar-refractivity contribution in [3.05, 3.63) is 53.1 Å². The Hall–Kier alpha value is -2.86. The summed E-state index contributed by atoms with van der Waals surface area (Å²) in [5.41, 5.74) is 5.13. The van der Waals surface area contributed by atoms with E-state index >= 15 is 0 Å². The van der Waals surface area contributed by atoms with Crippen LogP contribution in [0.2, 0.25) is 0 Å². The van der Waals surface area contributed by atoms with Gasteiger partial charge in [-0.25, -0.2) is 0 Å². The molecule has 0 spiro atoms. The number of methoxy groups -OCH3 is 2. The molecule has 2 aromatic carbocycles. The van der Waals surface area contributed by atoms with Crippen LogP contribution < -0.4 is 14.8 Å². The molecule has 0 aromatic heterocycles. The first-order valence-electron chi connectivity index (χ1n) is 9.90. The van der Waals surface area contributed by atoms with Crippen LogP contribution in [0.25, 0.3) is 0 Å². The summed E-state index contributed by atoms with van der Waals surface area (Å²) < 4.78 is 11.2. The zero-order valence-corrected chi connectivity index (χ0v) is 17.4. The summed E-state index contributed by atoms with van der Waals surface area (Å²) in [5.74, 6) is 1.71. The minimum absolute atomic E-state index is 0.0795. The van der Waals surface area contributed by atoms with Gasteiger partial charge in [0.25, 0.3) is 0 Å². The van der Waals surface area contributed by atoms with Crippen LogP contribution in [0.3, 0.4) is 0 Å². The highest BCUT2D eigenvalue weighted by Crippen LogP contribution is 2.42. The fraction of sp³-hybridized carbons (Fsp3) is 0.391. The molecule has 2 aliphatic heterocycles. The summed E-state index contributed by atoms with van der Waals surface area (Å²) in [4.78, 5) is 18.9. The second-order valence-electron chi connectivity index (χ2n) is 7.76. The molecule has 29 heavy (non-hydrogen) atoms. The van der Waals surface area contributed by atoms with Crippen molar-refractivity contribution in [3.63, 3.8) is 0 Å². The van der Waals surface area contributed by atoms with E-state index in [4.69, 9.17) is 14.5 Å². The quantitative estimate of drug-likeness (QED) is 0.866. The van der Waals surface area contributed by atoms with Crippen LogP contribution in [0, 0.1) is 0 Å². The van der Waals surface area contributed by atoms with Crippen LogP contribution in [0.4, 0.5) is 5.69 Å². The molecule has 1 saturated heterocycles. The van der Waals surface area contributed by atoms with E-state index in [0.717, 1.165) is 47.8 Å². The Morgan fingerprint density at radius 2 is 1.83 bits per heavy atom. The molecule has 0 saturated carbocycles. The number of carbonyl (C=O) groups excluding carboxylic acids is 1. The molecule has 0 unspecified atom stereocenters. The molecule has 2 aliphatic rings. The fourth-order valence-corrected chi connectivity index (χ4v) is 4.35. The van der Waals surface area contributed by atoms with Crippen molar-refractivity contribution in [2.75, 3.05) is 39.7 Å². The number of benzene rings is 2. The monoisotopic (exact) mass is 393 g/mol. The van der Waals surface area contributed by atoms with E-state index in [1.54, 1.807) is 14.2 Å². The van der Waals surface area contributed by atoms with Gasteiger partial charge in [-0.3, -0.25) is 9.79 Å². The highest BCUT2D eigenvalue weighted by Gasteiger charge is 2.36. The lowest BCUT2D eigenvalue weighted by Gasteiger charge is -2.39. The molecule has 1 amide bonds. The molecule has 4 rings (SSSR count). The van der Waals surface area contributed by atoms with Gasteiger partial charge < -0.3 is 19.7 Å². The molecule has 1 fully saturated rings. The summed E-state index contributed by atoms with van der Waals surface area (Å²) in [5, 5.41) is 2.82. The second-order valence-corrected chi connectivity index (χ2v) is 7.76. The molecule has 2 aromatic rings. The lowest BCUT2D eigenvalue weighted by Crippen LogP contribution is -2.41. The van der Waals surface area contributed by atoms with Crippen LogP contribution in [0.1, 0.15) is 36.0 Å². The zero-order valence-electron chi connectivity index (χ0n) is 17.4. The minimum atomic E-state index is -0.0795. The molecule has 1 N–H and O–H groups in total. The number of ether oxygens (including phenoxy) is 2. The van der Waals surface area contributed by atoms with E-state index in [-0.39, 0.29) is 11.9 Å². The van der Waals surface area contributed by atoms with Crippen molar-refractivity contribution < 1.29 is 14.3 Å².